The van der Waals surface area contributed by atoms with Crippen molar-refractivity contribution in [2.75, 3.05) is 17.3 Å². The van der Waals surface area contributed by atoms with Gasteiger partial charge in [0.15, 0.2) is 0 Å². The number of carbonyl (C=O) groups excluding carboxylic acids is 1. The van der Waals surface area contributed by atoms with Crippen molar-refractivity contribution in [1.82, 2.24) is 5.32 Å². The minimum atomic E-state index is -1.12. The van der Waals surface area contributed by atoms with Crippen molar-refractivity contribution in [3.63, 3.8) is 0 Å². The van der Waals surface area contributed by atoms with E-state index in [1.54, 1.807) is 25.3 Å². The van der Waals surface area contributed by atoms with E-state index in [-0.39, 0.29) is 17.3 Å². The summed E-state index contributed by atoms with van der Waals surface area (Å²) >= 11 is 3.21. The molecule has 2 atom stereocenters. The molecule has 1 aromatic carbocycles. The Morgan fingerprint density at radius 3 is 2.67 bits per heavy atom. The van der Waals surface area contributed by atoms with Gasteiger partial charge in [-0.05, 0) is 41.4 Å². The Bertz CT molecular complexity index is 565. The van der Waals surface area contributed by atoms with E-state index in [1.807, 2.05) is 0 Å². The molecule has 6 nitrogen and oxygen atoms in total. The second-order valence-electron chi connectivity index (χ2n) is 4.53. The van der Waals surface area contributed by atoms with Gasteiger partial charge in [-0.15, -0.1) is 0 Å². The van der Waals surface area contributed by atoms with Gasteiger partial charge in [0.05, 0.1) is 11.3 Å². The second-order valence-corrected chi connectivity index (χ2v) is 6.94. The normalized spacial score (nSPS) is 13.3. The Morgan fingerprint density at radius 1 is 1.43 bits per heavy atom. The number of urea groups is 1. The van der Waals surface area contributed by atoms with Crippen LogP contribution in [0.15, 0.2) is 22.7 Å². The van der Waals surface area contributed by atoms with E-state index in [0.717, 1.165) is 0 Å². The zero-order valence-electron chi connectivity index (χ0n) is 11.7. The summed E-state index contributed by atoms with van der Waals surface area (Å²) in [7, 11) is -0.909. The van der Waals surface area contributed by atoms with Gasteiger partial charge in [0.2, 0.25) is 0 Å². The summed E-state index contributed by atoms with van der Waals surface area (Å²) in [5, 5.41) is 14.3. The average Bonchev–Trinajstić information content (AvgIpc) is 2.38. The summed E-state index contributed by atoms with van der Waals surface area (Å²) in [5.41, 5.74) is 0.204. The maximum Gasteiger partial charge on any atom is 0.337 e. The Labute approximate surface area is 133 Å². The number of para-hydroxylation sites is 1. The third-order valence-corrected chi connectivity index (χ3v) is 4.17. The molecule has 1 rings (SSSR count). The highest BCUT2D eigenvalue weighted by molar-refractivity contribution is 9.10. The molecule has 0 aliphatic carbocycles. The lowest BCUT2D eigenvalue weighted by molar-refractivity contribution is 0.0698. The monoisotopic (exact) mass is 376 g/mol. The third kappa shape index (κ3) is 5.84. The molecule has 2 unspecified atom stereocenters. The number of nitrogens with one attached hydrogen (secondary N) is 2. The maximum absolute atomic E-state index is 11.9. The third-order valence-electron chi connectivity index (χ3n) is 2.70. The topological polar surface area (TPSA) is 95.5 Å². The molecule has 2 amide bonds. The Morgan fingerprint density at radius 2 is 2.10 bits per heavy atom. The van der Waals surface area contributed by atoms with Crippen LogP contribution in [0.4, 0.5) is 10.5 Å². The summed E-state index contributed by atoms with van der Waals surface area (Å²) in [4.78, 5) is 23.0. The first-order chi connectivity index (χ1) is 9.81. The molecule has 1 aromatic rings. The van der Waals surface area contributed by atoms with Gasteiger partial charge in [-0.3, -0.25) is 4.21 Å². The largest absolute Gasteiger partial charge is 0.478 e. The maximum atomic E-state index is 11.9. The van der Waals surface area contributed by atoms with Crippen LogP contribution in [0.5, 0.6) is 0 Å². The molecule has 0 bridgehead atoms. The zero-order valence-corrected chi connectivity index (χ0v) is 14.1. The second kappa shape index (κ2) is 8.14. The summed E-state index contributed by atoms with van der Waals surface area (Å²) < 4.78 is 11.5. The fourth-order valence-electron chi connectivity index (χ4n) is 1.62. The first-order valence-electron chi connectivity index (χ1n) is 6.20. The molecular formula is C13H17BrN2O4S. The number of hydrogen-bond acceptors (Lipinski definition) is 3. The van der Waals surface area contributed by atoms with Crippen LogP contribution in [0.25, 0.3) is 0 Å². The highest BCUT2D eigenvalue weighted by atomic mass is 79.9. The lowest BCUT2D eigenvalue weighted by Crippen LogP contribution is -2.37. The lowest BCUT2D eigenvalue weighted by Gasteiger charge is -2.15. The van der Waals surface area contributed by atoms with Gasteiger partial charge in [0, 0.05) is 33.3 Å². The molecule has 21 heavy (non-hydrogen) atoms. The molecule has 0 spiro atoms. The number of rotatable bonds is 6. The van der Waals surface area contributed by atoms with Crippen LogP contribution >= 0.6 is 15.9 Å². The first kappa shape index (κ1) is 17.6. The number of hydrogen-bond donors (Lipinski definition) is 3. The van der Waals surface area contributed by atoms with E-state index < -0.39 is 22.8 Å². The Hall–Kier alpha value is -1.41. The minimum absolute atomic E-state index is 0.00170. The highest BCUT2D eigenvalue weighted by Gasteiger charge is 2.16. The predicted octanol–water partition coefficient (Wildman–Crippen LogP) is 2.43. The molecule has 116 valence electrons. The highest BCUT2D eigenvalue weighted by Crippen LogP contribution is 2.26. The molecular weight excluding hydrogens is 360 g/mol. The van der Waals surface area contributed by atoms with Gasteiger partial charge < -0.3 is 15.7 Å². The molecule has 0 heterocycles. The number of halogens is 1. The number of carboxylic acid groups (broad SMARTS) is 1. The van der Waals surface area contributed by atoms with Gasteiger partial charge in [0.25, 0.3) is 0 Å². The van der Waals surface area contributed by atoms with Crippen molar-refractivity contribution in [1.29, 1.82) is 0 Å². The molecule has 0 aliphatic rings. The lowest BCUT2D eigenvalue weighted by atomic mass is 10.2. The van der Waals surface area contributed by atoms with Crippen molar-refractivity contribution in [2.45, 2.75) is 19.4 Å². The summed E-state index contributed by atoms with van der Waals surface area (Å²) in [6.45, 7) is 1.80. The van der Waals surface area contributed by atoms with Gasteiger partial charge >= 0.3 is 12.0 Å². The van der Waals surface area contributed by atoms with Crippen molar-refractivity contribution >= 4 is 44.4 Å². The summed E-state index contributed by atoms with van der Waals surface area (Å²) in [5.74, 6) is -0.627. The average molecular weight is 377 g/mol. The molecule has 0 saturated heterocycles. The molecule has 0 fully saturated rings. The van der Waals surface area contributed by atoms with Crippen LogP contribution in [0.3, 0.4) is 0 Å². The Kier molecular flexibility index (Phi) is 6.83. The van der Waals surface area contributed by atoms with Gasteiger partial charge in [0.1, 0.15) is 0 Å². The smallest absolute Gasteiger partial charge is 0.337 e. The van der Waals surface area contributed by atoms with Gasteiger partial charge in [-0.2, -0.15) is 0 Å². The van der Waals surface area contributed by atoms with E-state index in [4.69, 9.17) is 5.11 Å². The van der Waals surface area contributed by atoms with E-state index in [1.165, 1.54) is 6.07 Å². The zero-order chi connectivity index (χ0) is 16.0. The minimum Gasteiger partial charge on any atom is -0.478 e. The van der Waals surface area contributed by atoms with E-state index in [9.17, 15) is 13.8 Å². The standard InChI is InChI=1S/C13H17BrN2O4S/c1-8(6-7-21(2)20)15-13(19)16-11-9(12(17)18)4-3-5-10(11)14/h3-5,8H,6-7H2,1-2H3,(H,17,18)(H2,15,16,19). The predicted molar refractivity (Wildman–Crippen MR) is 86.3 cm³/mol. The van der Waals surface area contributed by atoms with E-state index in [2.05, 4.69) is 26.6 Å². The number of carbonyl (C=O) groups is 2. The quantitative estimate of drug-likeness (QED) is 0.710. The van der Waals surface area contributed by atoms with Crippen molar-refractivity contribution in [3.05, 3.63) is 28.2 Å². The van der Waals surface area contributed by atoms with E-state index in [0.29, 0.717) is 16.6 Å². The summed E-state index contributed by atoms with van der Waals surface area (Å²) in [6, 6.07) is 3.97. The molecule has 0 radical (unpaired) electrons. The van der Waals surface area contributed by atoms with Gasteiger partial charge in [-0.25, -0.2) is 9.59 Å². The number of aromatic carboxylic acids is 1. The van der Waals surface area contributed by atoms with Crippen molar-refractivity contribution < 1.29 is 18.9 Å². The number of benzene rings is 1. The molecule has 0 saturated carbocycles. The van der Waals surface area contributed by atoms with E-state index >= 15 is 0 Å². The van der Waals surface area contributed by atoms with Crippen LogP contribution in [0.2, 0.25) is 0 Å². The number of anilines is 1. The van der Waals surface area contributed by atoms with Crippen LogP contribution < -0.4 is 10.6 Å². The summed E-state index contributed by atoms with van der Waals surface area (Å²) in [6.07, 6.45) is 2.19. The van der Waals surface area contributed by atoms with Crippen LogP contribution in [0.1, 0.15) is 23.7 Å². The van der Waals surface area contributed by atoms with Gasteiger partial charge in [-0.1, -0.05) is 6.07 Å². The Balaban J connectivity index is 2.71. The van der Waals surface area contributed by atoms with Crippen molar-refractivity contribution in [2.24, 2.45) is 0 Å². The number of amides is 2. The first-order valence-corrected chi connectivity index (χ1v) is 8.72. The van der Waals surface area contributed by atoms with Crippen molar-refractivity contribution in [3.8, 4) is 0 Å². The number of carboxylic acids is 1. The van der Waals surface area contributed by atoms with Crippen LogP contribution in [0, 0.1) is 0 Å². The SMILES string of the molecule is CC(CCS(C)=O)NC(=O)Nc1c(Br)cccc1C(=O)O. The molecule has 0 aromatic heterocycles. The fraction of sp³-hybridized carbons (Fsp3) is 0.385. The fourth-order valence-corrected chi connectivity index (χ4v) is 2.77. The van der Waals surface area contributed by atoms with Crippen LogP contribution in [-0.2, 0) is 10.8 Å². The molecule has 8 heteroatoms. The molecule has 3 N–H and O–H groups in total. The molecule has 0 aliphatic heterocycles. The van der Waals surface area contributed by atoms with Crippen LogP contribution in [-0.4, -0.2) is 39.4 Å².